The van der Waals surface area contributed by atoms with Crippen LogP contribution in [0.5, 0.6) is 0 Å². The zero-order valence-electron chi connectivity index (χ0n) is 18.1. The van der Waals surface area contributed by atoms with Crippen molar-refractivity contribution in [2.45, 2.75) is 31.7 Å². The number of anilines is 1. The molecule has 0 aliphatic carbocycles. The molecule has 1 aromatic heterocycles. The number of halogens is 1. The first kappa shape index (κ1) is 22.3. The topological polar surface area (TPSA) is 54.9 Å². The third-order valence-corrected chi connectivity index (χ3v) is 6.49. The van der Waals surface area contributed by atoms with Crippen molar-refractivity contribution in [2.24, 2.45) is 0 Å². The van der Waals surface area contributed by atoms with Crippen molar-refractivity contribution < 1.29 is 4.79 Å². The summed E-state index contributed by atoms with van der Waals surface area (Å²) < 4.78 is 0. The lowest BCUT2D eigenvalue weighted by molar-refractivity contribution is -0.113. The Morgan fingerprint density at radius 1 is 0.969 bits per heavy atom. The van der Waals surface area contributed by atoms with Crippen LogP contribution in [0.15, 0.2) is 71.8 Å². The molecule has 0 radical (unpaired) electrons. The van der Waals surface area contributed by atoms with Gasteiger partial charge in [-0.25, -0.2) is 9.97 Å². The summed E-state index contributed by atoms with van der Waals surface area (Å²) >= 11 is 7.45. The molecule has 4 rings (SSSR count). The highest BCUT2D eigenvalue weighted by atomic mass is 35.5. The van der Waals surface area contributed by atoms with E-state index in [1.54, 1.807) is 0 Å². The number of nitrogens with zero attached hydrogens (tertiary/aromatic N) is 2. The van der Waals surface area contributed by atoms with Gasteiger partial charge in [0.15, 0.2) is 0 Å². The number of benzene rings is 3. The molecule has 3 aromatic carbocycles. The number of rotatable bonds is 7. The number of carbonyl (C=O) groups is 1. The normalized spacial score (nSPS) is 11.0. The highest BCUT2D eigenvalue weighted by Gasteiger charge is 2.14. The van der Waals surface area contributed by atoms with Crippen molar-refractivity contribution in [1.29, 1.82) is 0 Å². The monoisotopic (exact) mass is 461 g/mol. The molecule has 1 N–H and O–H groups in total. The van der Waals surface area contributed by atoms with Crippen molar-refractivity contribution in [3.05, 3.63) is 94.1 Å². The summed E-state index contributed by atoms with van der Waals surface area (Å²) in [5.41, 5.74) is 6.73. The standard InChI is InChI=1S/C26H24ClN3OS/c1-3-19-8-6-7-17(2)25(19)30-24(31)16-32-26-23(15-18-11-13-20(27)14-12-18)28-21-9-4-5-10-22(21)29-26/h4-14H,3,15-16H2,1-2H3,(H,30,31). The van der Waals surface area contributed by atoms with Crippen molar-refractivity contribution in [3.8, 4) is 0 Å². The molecule has 4 aromatic rings. The maximum atomic E-state index is 12.8. The van der Waals surface area contributed by atoms with E-state index in [9.17, 15) is 4.79 Å². The smallest absolute Gasteiger partial charge is 0.234 e. The maximum Gasteiger partial charge on any atom is 0.234 e. The van der Waals surface area contributed by atoms with E-state index < -0.39 is 0 Å². The van der Waals surface area contributed by atoms with Crippen LogP contribution in [0.1, 0.15) is 29.3 Å². The second-order valence-corrected chi connectivity index (χ2v) is 8.97. The minimum absolute atomic E-state index is 0.0496. The van der Waals surface area contributed by atoms with Crippen LogP contribution in [0.25, 0.3) is 11.0 Å². The largest absolute Gasteiger partial charge is 0.325 e. The molecule has 0 unspecified atom stereocenters. The molecule has 0 saturated heterocycles. The van der Waals surface area contributed by atoms with Crippen molar-refractivity contribution in [3.63, 3.8) is 0 Å². The SMILES string of the molecule is CCc1cccc(C)c1NC(=O)CSc1nc2ccccc2nc1Cc1ccc(Cl)cc1. The molecule has 0 aliphatic heterocycles. The lowest BCUT2D eigenvalue weighted by Gasteiger charge is -2.13. The fourth-order valence-corrected chi connectivity index (χ4v) is 4.47. The minimum Gasteiger partial charge on any atom is -0.325 e. The van der Waals surface area contributed by atoms with Crippen LogP contribution in [0, 0.1) is 6.92 Å². The number of carbonyl (C=O) groups excluding carboxylic acids is 1. The summed E-state index contributed by atoms with van der Waals surface area (Å²) in [6, 6.07) is 21.6. The van der Waals surface area contributed by atoms with Gasteiger partial charge < -0.3 is 5.32 Å². The summed E-state index contributed by atoms with van der Waals surface area (Å²) in [5.74, 6) is 0.212. The fourth-order valence-electron chi connectivity index (χ4n) is 3.56. The summed E-state index contributed by atoms with van der Waals surface area (Å²) in [5, 5.41) is 4.56. The van der Waals surface area contributed by atoms with E-state index in [0.717, 1.165) is 50.6 Å². The average Bonchev–Trinajstić information content (AvgIpc) is 2.80. The highest BCUT2D eigenvalue weighted by Crippen LogP contribution is 2.26. The van der Waals surface area contributed by atoms with E-state index >= 15 is 0 Å². The second-order valence-electron chi connectivity index (χ2n) is 7.57. The van der Waals surface area contributed by atoms with Gasteiger partial charge in [0.2, 0.25) is 5.91 Å². The van der Waals surface area contributed by atoms with Gasteiger partial charge >= 0.3 is 0 Å². The second kappa shape index (κ2) is 10.2. The molecule has 0 bridgehead atoms. The van der Waals surface area contributed by atoms with Crippen LogP contribution in [-0.4, -0.2) is 21.6 Å². The van der Waals surface area contributed by atoms with Gasteiger partial charge in [-0.1, -0.05) is 72.8 Å². The van der Waals surface area contributed by atoms with E-state index in [-0.39, 0.29) is 11.7 Å². The van der Waals surface area contributed by atoms with E-state index in [1.807, 2.05) is 67.6 Å². The number of hydrogen-bond acceptors (Lipinski definition) is 4. The number of thioether (sulfide) groups is 1. The Morgan fingerprint density at radius 3 is 2.41 bits per heavy atom. The number of para-hydroxylation sites is 3. The molecule has 1 amide bonds. The summed E-state index contributed by atoms with van der Waals surface area (Å²) in [6.07, 6.45) is 1.49. The van der Waals surface area contributed by atoms with Crippen molar-refractivity contribution >= 4 is 46.0 Å². The molecule has 0 saturated carbocycles. The molecule has 0 aliphatic rings. The number of fused-ring (bicyclic) bond motifs is 1. The molecule has 0 atom stereocenters. The van der Waals surface area contributed by atoms with Gasteiger partial charge in [-0.2, -0.15) is 0 Å². The molecule has 162 valence electrons. The van der Waals surface area contributed by atoms with Crippen LogP contribution in [0.4, 0.5) is 5.69 Å². The molecular weight excluding hydrogens is 438 g/mol. The van der Waals surface area contributed by atoms with Gasteiger partial charge in [-0.05, 0) is 54.3 Å². The number of aryl methyl sites for hydroxylation is 2. The summed E-state index contributed by atoms with van der Waals surface area (Å²) in [7, 11) is 0. The van der Waals surface area contributed by atoms with E-state index in [0.29, 0.717) is 11.4 Å². The van der Waals surface area contributed by atoms with E-state index in [1.165, 1.54) is 11.8 Å². The zero-order chi connectivity index (χ0) is 22.5. The van der Waals surface area contributed by atoms with Crippen LogP contribution < -0.4 is 5.32 Å². The minimum atomic E-state index is -0.0496. The molecule has 1 heterocycles. The number of amides is 1. The lowest BCUT2D eigenvalue weighted by Crippen LogP contribution is -2.16. The van der Waals surface area contributed by atoms with Crippen LogP contribution in [-0.2, 0) is 17.6 Å². The molecule has 0 fully saturated rings. The fraction of sp³-hybridized carbons (Fsp3) is 0.192. The third-order valence-electron chi connectivity index (χ3n) is 5.24. The Hall–Kier alpha value is -2.89. The summed E-state index contributed by atoms with van der Waals surface area (Å²) in [6.45, 7) is 4.10. The van der Waals surface area contributed by atoms with Crippen LogP contribution in [0.3, 0.4) is 0 Å². The van der Waals surface area contributed by atoms with Gasteiger partial charge in [-0.3, -0.25) is 4.79 Å². The first-order valence-corrected chi connectivity index (χ1v) is 11.9. The van der Waals surface area contributed by atoms with Gasteiger partial charge in [0.1, 0.15) is 5.03 Å². The quantitative estimate of drug-likeness (QED) is 0.320. The molecule has 32 heavy (non-hydrogen) atoms. The Labute approximate surface area is 197 Å². The van der Waals surface area contributed by atoms with Gasteiger partial charge in [-0.15, -0.1) is 0 Å². The molecular formula is C26H24ClN3OS. The number of nitrogens with one attached hydrogen (secondary N) is 1. The number of hydrogen-bond donors (Lipinski definition) is 1. The first-order valence-electron chi connectivity index (χ1n) is 10.5. The highest BCUT2D eigenvalue weighted by molar-refractivity contribution is 8.00. The van der Waals surface area contributed by atoms with Crippen LogP contribution >= 0.6 is 23.4 Å². The van der Waals surface area contributed by atoms with Gasteiger partial charge in [0.25, 0.3) is 0 Å². The Kier molecular flexibility index (Phi) is 7.08. The Bertz CT molecular complexity index is 1260. The van der Waals surface area contributed by atoms with E-state index in [2.05, 4.69) is 18.3 Å². The van der Waals surface area contributed by atoms with Crippen molar-refractivity contribution in [1.82, 2.24) is 9.97 Å². The first-order chi connectivity index (χ1) is 15.5. The molecule has 4 nitrogen and oxygen atoms in total. The Morgan fingerprint density at radius 2 is 1.69 bits per heavy atom. The predicted molar refractivity (Wildman–Crippen MR) is 134 cm³/mol. The van der Waals surface area contributed by atoms with Crippen molar-refractivity contribution in [2.75, 3.05) is 11.1 Å². The molecule has 6 heteroatoms. The maximum absolute atomic E-state index is 12.8. The summed E-state index contributed by atoms with van der Waals surface area (Å²) in [4.78, 5) is 22.4. The van der Waals surface area contributed by atoms with Gasteiger partial charge in [0, 0.05) is 17.1 Å². The predicted octanol–water partition coefficient (Wildman–Crippen LogP) is 6.48. The van der Waals surface area contributed by atoms with Crippen LogP contribution in [0.2, 0.25) is 5.02 Å². The third kappa shape index (κ3) is 5.29. The lowest BCUT2D eigenvalue weighted by atomic mass is 10.1. The Balaban J connectivity index is 1.56. The average molecular weight is 462 g/mol. The van der Waals surface area contributed by atoms with E-state index in [4.69, 9.17) is 21.6 Å². The zero-order valence-corrected chi connectivity index (χ0v) is 19.6. The molecule has 0 spiro atoms. The van der Waals surface area contributed by atoms with Gasteiger partial charge in [0.05, 0.1) is 22.5 Å². The number of aromatic nitrogens is 2.